The number of nitrogens with one attached hydrogen (secondary N) is 1. The summed E-state index contributed by atoms with van der Waals surface area (Å²) in [6, 6.07) is 0.468. The Morgan fingerprint density at radius 2 is 2.04 bits per heavy atom. The number of guanidine groups is 1. The van der Waals surface area contributed by atoms with Crippen molar-refractivity contribution >= 4 is 29.9 Å². The van der Waals surface area contributed by atoms with Gasteiger partial charge in [0.15, 0.2) is 5.96 Å². The zero-order valence-electron chi connectivity index (χ0n) is 17.9. The van der Waals surface area contributed by atoms with E-state index < -0.39 is 0 Å². The molecule has 0 spiro atoms. The van der Waals surface area contributed by atoms with Crippen molar-refractivity contribution in [2.75, 3.05) is 45.8 Å². The normalized spacial score (nSPS) is 25.2. The zero-order chi connectivity index (χ0) is 19.1. The van der Waals surface area contributed by atoms with E-state index in [1.54, 1.807) is 0 Å². The highest BCUT2D eigenvalue weighted by molar-refractivity contribution is 14.0. The number of piperidine rings is 2. The molecule has 0 bridgehead atoms. The maximum atomic E-state index is 5.02. The molecule has 28 heavy (non-hydrogen) atoms. The van der Waals surface area contributed by atoms with Gasteiger partial charge >= 0.3 is 0 Å². The Labute approximate surface area is 188 Å². The van der Waals surface area contributed by atoms with Crippen LogP contribution in [0.3, 0.4) is 0 Å². The van der Waals surface area contributed by atoms with Gasteiger partial charge in [-0.3, -0.25) is 4.99 Å². The molecule has 7 heteroatoms. The maximum Gasteiger partial charge on any atom is 0.193 e. The lowest BCUT2D eigenvalue weighted by Gasteiger charge is -2.39. The van der Waals surface area contributed by atoms with Crippen LogP contribution in [0.1, 0.15) is 52.5 Å². The molecule has 1 aromatic rings. The topological polar surface area (TPSA) is 48.7 Å². The highest BCUT2D eigenvalue weighted by atomic mass is 127. The lowest BCUT2D eigenvalue weighted by molar-refractivity contribution is 0.187. The van der Waals surface area contributed by atoms with Crippen molar-refractivity contribution < 1.29 is 0 Å². The van der Waals surface area contributed by atoms with Crippen LogP contribution in [0.15, 0.2) is 23.7 Å². The zero-order valence-corrected chi connectivity index (χ0v) is 20.2. The molecule has 0 amide bonds. The van der Waals surface area contributed by atoms with Gasteiger partial charge in [0, 0.05) is 45.1 Å². The largest absolute Gasteiger partial charge is 0.357 e. The van der Waals surface area contributed by atoms with E-state index in [0.29, 0.717) is 17.9 Å². The van der Waals surface area contributed by atoms with E-state index in [9.17, 15) is 0 Å². The minimum absolute atomic E-state index is 0. The molecule has 160 valence electrons. The van der Waals surface area contributed by atoms with Gasteiger partial charge in [-0.05, 0) is 51.1 Å². The second-order valence-electron chi connectivity index (χ2n) is 8.45. The molecule has 3 rings (SSSR count). The molecule has 3 unspecified atom stereocenters. The van der Waals surface area contributed by atoms with Crippen molar-refractivity contribution in [2.45, 2.75) is 52.5 Å². The Morgan fingerprint density at radius 1 is 1.25 bits per heavy atom. The van der Waals surface area contributed by atoms with E-state index >= 15 is 0 Å². The van der Waals surface area contributed by atoms with Gasteiger partial charge in [-0.25, -0.2) is 4.98 Å². The SMILES string of the molecule is CCNC(=NCC(C)CN1CCCCC1)N1CCC(C)C(n2ccnc2)C1.I. The number of imidazole rings is 1. The second-order valence-corrected chi connectivity index (χ2v) is 8.45. The van der Waals surface area contributed by atoms with Gasteiger partial charge in [0.25, 0.3) is 0 Å². The van der Waals surface area contributed by atoms with E-state index in [0.717, 1.165) is 32.1 Å². The summed E-state index contributed by atoms with van der Waals surface area (Å²) in [6.07, 6.45) is 11.2. The summed E-state index contributed by atoms with van der Waals surface area (Å²) in [5, 5.41) is 3.53. The number of likely N-dealkylation sites (tertiary alicyclic amines) is 2. The molecule has 1 aromatic heterocycles. The van der Waals surface area contributed by atoms with Crippen LogP contribution in [0.25, 0.3) is 0 Å². The Morgan fingerprint density at radius 3 is 2.71 bits per heavy atom. The van der Waals surface area contributed by atoms with E-state index in [2.05, 4.69) is 51.6 Å². The van der Waals surface area contributed by atoms with Crippen LogP contribution in [-0.4, -0.2) is 71.1 Å². The molecule has 0 aromatic carbocycles. The summed E-state index contributed by atoms with van der Waals surface area (Å²) in [7, 11) is 0. The van der Waals surface area contributed by atoms with Crippen LogP contribution in [0, 0.1) is 11.8 Å². The summed E-state index contributed by atoms with van der Waals surface area (Å²) >= 11 is 0. The van der Waals surface area contributed by atoms with Gasteiger partial charge < -0.3 is 19.7 Å². The van der Waals surface area contributed by atoms with Gasteiger partial charge in [-0.15, -0.1) is 24.0 Å². The number of hydrogen-bond acceptors (Lipinski definition) is 3. The van der Waals surface area contributed by atoms with Crippen LogP contribution < -0.4 is 5.32 Å². The van der Waals surface area contributed by atoms with Gasteiger partial charge in [-0.2, -0.15) is 0 Å². The minimum atomic E-state index is 0. The average Bonchev–Trinajstić information content (AvgIpc) is 3.21. The van der Waals surface area contributed by atoms with Crippen molar-refractivity contribution in [1.29, 1.82) is 0 Å². The van der Waals surface area contributed by atoms with Gasteiger partial charge in [0.05, 0.1) is 12.4 Å². The number of aliphatic imine (C=N–C) groups is 1. The smallest absolute Gasteiger partial charge is 0.193 e. The highest BCUT2D eigenvalue weighted by Gasteiger charge is 2.29. The average molecular weight is 502 g/mol. The van der Waals surface area contributed by atoms with Crippen LogP contribution in [0.4, 0.5) is 0 Å². The minimum Gasteiger partial charge on any atom is -0.357 e. The summed E-state index contributed by atoms with van der Waals surface area (Å²) in [6.45, 7) is 14.5. The lowest BCUT2D eigenvalue weighted by atomic mass is 9.93. The predicted octanol–water partition coefficient (Wildman–Crippen LogP) is 3.47. The van der Waals surface area contributed by atoms with Gasteiger partial charge in [-0.1, -0.05) is 20.3 Å². The summed E-state index contributed by atoms with van der Waals surface area (Å²) in [4.78, 5) is 14.3. The Bertz CT molecular complexity index is 569. The summed E-state index contributed by atoms with van der Waals surface area (Å²) in [5.41, 5.74) is 0. The molecule has 3 heterocycles. The van der Waals surface area contributed by atoms with Gasteiger partial charge in [0.1, 0.15) is 0 Å². The first-order valence-electron chi connectivity index (χ1n) is 10.9. The molecule has 1 N–H and O–H groups in total. The molecule has 6 nitrogen and oxygen atoms in total. The first-order valence-corrected chi connectivity index (χ1v) is 10.9. The fraction of sp³-hybridized carbons (Fsp3) is 0.810. The predicted molar refractivity (Wildman–Crippen MR) is 127 cm³/mol. The fourth-order valence-electron chi connectivity index (χ4n) is 4.40. The number of halogens is 1. The summed E-state index contributed by atoms with van der Waals surface area (Å²) < 4.78 is 2.26. The first kappa shape index (κ1) is 23.4. The van der Waals surface area contributed by atoms with Crippen LogP contribution in [-0.2, 0) is 0 Å². The van der Waals surface area contributed by atoms with Crippen LogP contribution in [0.5, 0.6) is 0 Å². The molecule has 2 fully saturated rings. The van der Waals surface area contributed by atoms with Crippen molar-refractivity contribution in [3.8, 4) is 0 Å². The first-order chi connectivity index (χ1) is 13.2. The molecule has 2 aliphatic heterocycles. The molecule has 2 aliphatic rings. The number of aromatic nitrogens is 2. The Kier molecular flexibility index (Phi) is 10.0. The van der Waals surface area contributed by atoms with Crippen LogP contribution in [0.2, 0.25) is 0 Å². The van der Waals surface area contributed by atoms with Crippen molar-refractivity contribution in [2.24, 2.45) is 16.8 Å². The third-order valence-electron chi connectivity index (χ3n) is 6.03. The maximum absolute atomic E-state index is 5.02. The van der Waals surface area contributed by atoms with Crippen molar-refractivity contribution in [3.05, 3.63) is 18.7 Å². The molecule has 0 saturated carbocycles. The standard InChI is InChI=1S/C21H38N6.HI/c1-4-23-21(24-14-18(2)15-25-10-6-5-7-11-25)26-12-8-19(3)20(16-26)27-13-9-22-17-27;/h9,13,17-20H,4-8,10-12,14-16H2,1-3H3,(H,23,24);1H. The second kappa shape index (κ2) is 12.0. The van der Waals surface area contributed by atoms with E-state index in [4.69, 9.17) is 4.99 Å². The lowest BCUT2D eigenvalue weighted by Crippen LogP contribution is -2.49. The van der Waals surface area contributed by atoms with E-state index in [1.165, 1.54) is 45.3 Å². The third-order valence-corrected chi connectivity index (χ3v) is 6.03. The molecule has 0 radical (unpaired) electrons. The summed E-state index contributed by atoms with van der Waals surface area (Å²) in [5.74, 6) is 2.35. The third kappa shape index (κ3) is 6.61. The number of rotatable bonds is 6. The Hall–Kier alpha value is -0.830. The van der Waals surface area contributed by atoms with E-state index in [1.807, 2.05) is 12.5 Å². The van der Waals surface area contributed by atoms with Crippen molar-refractivity contribution in [3.63, 3.8) is 0 Å². The molecular weight excluding hydrogens is 463 g/mol. The number of nitrogens with zero attached hydrogens (tertiary/aromatic N) is 5. The molecule has 0 aliphatic carbocycles. The molecule has 2 saturated heterocycles. The number of hydrogen-bond donors (Lipinski definition) is 1. The van der Waals surface area contributed by atoms with Crippen LogP contribution >= 0.6 is 24.0 Å². The van der Waals surface area contributed by atoms with Gasteiger partial charge in [0.2, 0.25) is 0 Å². The molecular formula is C21H39IN6. The Balaban J connectivity index is 0.00000280. The highest BCUT2D eigenvalue weighted by Crippen LogP contribution is 2.27. The quantitative estimate of drug-likeness (QED) is 0.368. The molecule has 3 atom stereocenters. The fourth-order valence-corrected chi connectivity index (χ4v) is 4.40. The monoisotopic (exact) mass is 502 g/mol. The van der Waals surface area contributed by atoms with E-state index in [-0.39, 0.29) is 24.0 Å². The van der Waals surface area contributed by atoms with Crippen molar-refractivity contribution in [1.82, 2.24) is 24.7 Å².